The zero-order chi connectivity index (χ0) is 14.0. The fourth-order valence-electron chi connectivity index (χ4n) is 1.87. The number of fused-ring (bicyclic) bond motifs is 1. The largest absolute Gasteiger partial charge is 0.477 e. The van der Waals surface area contributed by atoms with Gasteiger partial charge in [-0.25, -0.2) is 9.18 Å². The molecule has 0 amide bonds. The molecule has 19 heavy (non-hydrogen) atoms. The Kier molecular flexibility index (Phi) is 4.47. The fourth-order valence-corrected chi connectivity index (χ4v) is 4.12. The number of halogens is 1. The predicted octanol–water partition coefficient (Wildman–Crippen LogP) is 4.63. The van der Waals surface area contributed by atoms with E-state index in [0.29, 0.717) is 27.3 Å². The van der Waals surface area contributed by atoms with Gasteiger partial charge in [-0.2, -0.15) is 11.8 Å². The van der Waals surface area contributed by atoms with E-state index in [2.05, 4.69) is 13.8 Å². The van der Waals surface area contributed by atoms with Gasteiger partial charge in [0, 0.05) is 15.8 Å². The van der Waals surface area contributed by atoms with Gasteiger partial charge in [-0.05, 0) is 29.4 Å². The van der Waals surface area contributed by atoms with Crippen molar-refractivity contribution in [2.24, 2.45) is 5.92 Å². The molecule has 0 bridgehead atoms. The van der Waals surface area contributed by atoms with Crippen molar-refractivity contribution in [1.82, 2.24) is 0 Å². The Balaban J connectivity index is 2.43. The summed E-state index contributed by atoms with van der Waals surface area (Å²) in [7, 11) is 0. The molecule has 0 radical (unpaired) electrons. The van der Waals surface area contributed by atoms with E-state index in [1.807, 2.05) is 0 Å². The number of thiophene rings is 1. The van der Waals surface area contributed by atoms with Gasteiger partial charge in [-0.1, -0.05) is 19.9 Å². The Labute approximate surface area is 119 Å². The van der Waals surface area contributed by atoms with E-state index in [1.165, 1.54) is 6.07 Å². The summed E-state index contributed by atoms with van der Waals surface area (Å²) in [5.74, 6) is 0.709. The number of carboxylic acid groups (broad SMARTS) is 1. The topological polar surface area (TPSA) is 37.3 Å². The van der Waals surface area contributed by atoms with Crippen LogP contribution >= 0.6 is 23.1 Å². The van der Waals surface area contributed by atoms with Gasteiger partial charge in [-0.3, -0.25) is 0 Å². The Morgan fingerprint density at radius 1 is 1.47 bits per heavy atom. The van der Waals surface area contributed by atoms with Crippen LogP contribution in [0.5, 0.6) is 0 Å². The van der Waals surface area contributed by atoms with Crippen molar-refractivity contribution in [2.75, 3.05) is 5.75 Å². The fraction of sp³-hybridized carbons (Fsp3) is 0.357. The number of thioether (sulfide) groups is 1. The van der Waals surface area contributed by atoms with Crippen molar-refractivity contribution in [1.29, 1.82) is 0 Å². The van der Waals surface area contributed by atoms with Gasteiger partial charge in [0.05, 0.1) is 0 Å². The molecule has 0 saturated carbocycles. The van der Waals surface area contributed by atoms with Crippen LogP contribution in [-0.2, 0) is 5.75 Å². The number of rotatable bonds is 5. The maximum atomic E-state index is 13.9. The molecule has 1 heterocycles. The molecule has 5 heteroatoms. The summed E-state index contributed by atoms with van der Waals surface area (Å²) < 4.78 is 14.6. The van der Waals surface area contributed by atoms with Crippen molar-refractivity contribution in [2.45, 2.75) is 19.6 Å². The van der Waals surface area contributed by atoms with E-state index in [1.54, 1.807) is 23.9 Å². The zero-order valence-corrected chi connectivity index (χ0v) is 12.4. The second-order valence-electron chi connectivity index (χ2n) is 4.74. The molecule has 1 aromatic carbocycles. The van der Waals surface area contributed by atoms with Gasteiger partial charge >= 0.3 is 5.97 Å². The monoisotopic (exact) mass is 298 g/mol. The number of carboxylic acids is 1. The summed E-state index contributed by atoms with van der Waals surface area (Å²) >= 11 is 2.80. The van der Waals surface area contributed by atoms with Crippen LogP contribution in [-0.4, -0.2) is 16.8 Å². The molecular formula is C14H15FO2S2. The van der Waals surface area contributed by atoms with Crippen molar-refractivity contribution < 1.29 is 14.3 Å². The molecule has 2 nitrogen and oxygen atoms in total. The molecule has 0 spiro atoms. The van der Waals surface area contributed by atoms with Gasteiger partial charge in [0.15, 0.2) is 0 Å². The third kappa shape index (κ3) is 3.09. The molecule has 2 rings (SSSR count). The van der Waals surface area contributed by atoms with Crippen LogP contribution < -0.4 is 0 Å². The lowest BCUT2D eigenvalue weighted by Gasteiger charge is -2.05. The molecule has 0 aliphatic heterocycles. The summed E-state index contributed by atoms with van der Waals surface area (Å²) in [6.45, 7) is 4.22. The van der Waals surface area contributed by atoms with Crippen molar-refractivity contribution >= 4 is 39.2 Å². The van der Waals surface area contributed by atoms with Gasteiger partial charge in [-0.15, -0.1) is 11.3 Å². The van der Waals surface area contributed by atoms with Crippen molar-refractivity contribution in [3.05, 3.63) is 34.5 Å². The molecule has 0 aliphatic carbocycles. The van der Waals surface area contributed by atoms with Crippen LogP contribution in [0.15, 0.2) is 18.2 Å². The maximum Gasteiger partial charge on any atom is 0.346 e. The average Bonchev–Trinajstić information content (AvgIpc) is 2.69. The number of hydrogen-bond donors (Lipinski definition) is 1. The van der Waals surface area contributed by atoms with E-state index in [4.69, 9.17) is 0 Å². The van der Waals surface area contributed by atoms with E-state index in [-0.39, 0.29) is 10.7 Å². The first-order valence-corrected chi connectivity index (χ1v) is 7.98. The third-order valence-corrected chi connectivity index (χ3v) is 5.24. The van der Waals surface area contributed by atoms with E-state index < -0.39 is 5.97 Å². The Morgan fingerprint density at radius 3 is 2.84 bits per heavy atom. The third-order valence-electron chi connectivity index (χ3n) is 2.66. The highest BCUT2D eigenvalue weighted by atomic mass is 32.2. The van der Waals surface area contributed by atoms with Gasteiger partial charge in [0.25, 0.3) is 0 Å². The first-order valence-electron chi connectivity index (χ1n) is 6.01. The lowest BCUT2D eigenvalue weighted by atomic mass is 10.1. The van der Waals surface area contributed by atoms with Crippen LogP contribution in [0.25, 0.3) is 10.1 Å². The van der Waals surface area contributed by atoms with Gasteiger partial charge in [0.2, 0.25) is 0 Å². The molecule has 0 saturated heterocycles. The Morgan fingerprint density at radius 2 is 2.21 bits per heavy atom. The maximum absolute atomic E-state index is 13.9. The van der Waals surface area contributed by atoms with E-state index in [9.17, 15) is 14.3 Å². The highest BCUT2D eigenvalue weighted by Crippen LogP contribution is 2.35. The molecule has 1 N–H and O–H groups in total. The smallest absolute Gasteiger partial charge is 0.346 e. The van der Waals surface area contributed by atoms with Crippen LogP contribution in [0.1, 0.15) is 29.1 Å². The predicted molar refractivity (Wildman–Crippen MR) is 79.7 cm³/mol. The Hall–Kier alpha value is -1.07. The van der Waals surface area contributed by atoms with Gasteiger partial charge in [0.1, 0.15) is 10.7 Å². The molecule has 0 atom stereocenters. The van der Waals surface area contributed by atoms with Crippen LogP contribution in [0.3, 0.4) is 0 Å². The van der Waals surface area contributed by atoms with Crippen LogP contribution in [0.2, 0.25) is 0 Å². The quantitative estimate of drug-likeness (QED) is 0.874. The summed E-state index contributed by atoms with van der Waals surface area (Å²) in [5.41, 5.74) is 0.622. The van der Waals surface area contributed by atoms with Crippen molar-refractivity contribution in [3.8, 4) is 0 Å². The summed E-state index contributed by atoms with van der Waals surface area (Å²) in [4.78, 5) is 11.5. The first kappa shape index (κ1) is 14.3. The number of aromatic carboxylic acids is 1. The summed E-state index contributed by atoms with van der Waals surface area (Å²) in [6.07, 6.45) is 0. The lowest BCUT2D eigenvalue weighted by Crippen LogP contribution is -1.98. The summed E-state index contributed by atoms with van der Waals surface area (Å²) in [6, 6.07) is 4.77. The van der Waals surface area contributed by atoms with E-state index in [0.717, 1.165) is 17.1 Å². The summed E-state index contributed by atoms with van der Waals surface area (Å²) in [5, 5.41) is 9.72. The Bertz CT molecular complexity index is 605. The number of benzene rings is 1. The number of hydrogen-bond acceptors (Lipinski definition) is 3. The molecule has 102 valence electrons. The van der Waals surface area contributed by atoms with Gasteiger partial charge < -0.3 is 5.11 Å². The second kappa shape index (κ2) is 5.92. The molecule has 2 aromatic rings. The lowest BCUT2D eigenvalue weighted by molar-refractivity contribution is 0.0701. The minimum Gasteiger partial charge on any atom is -0.477 e. The highest BCUT2D eigenvalue weighted by molar-refractivity contribution is 7.98. The van der Waals surface area contributed by atoms with Crippen molar-refractivity contribution in [3.63, 3.8) is 0 Å². The standard InChI is InChI=1S/C14H15FO2S2/c1-8(2)6-18-7-9-12-10(15)4-3-5-11(12)19-13(9)14(16)17/h3-5,8H,6-7H2,1-2H3,(H,16,17). The minimum atomic E-state index is -0.972. The molecule has 0 fully saturated rings. The highest BCUT2D eigenvalue weighted by Gasteiger charge is 2.19. The van der Waals surface area contributed by atoms with E-state index >= 15 is 0 Å². The van der Waals surface area contributed by atoms with Crippen LogP contribution in [0, 0.1) is 11.7 Å². The number of carbonyl (C=O) groups is 1. The SMILES string of the molecule is CC(C)CSCc1c(C(=O)O)sc2cccc(F)c12. The van der Waals surface area contributed by atoms with Crippen LogP contribution in [0.4, 0.5) is 4.39 Å². The second-order valence-corrected chi connectivity index (χ2v) is 6.82. The molecule has 0 unspecified atom stereocenters. The zero-order valence-electron chi connectivity index (χ0n) is 10.8. The normalized spacial score (nSPS) is 11.4. The molecule has 0 aliphatic rings. The molecular weight excluding hydrogens is 283 g/mol. The molecule has 1 aromatic heterocycles. The first-order chi connectivity index (χ1) is 9.00. The minimum absolute atomic E-state index is 0.261. The average molecular weight is 298 g/mol.